The third-order valence-corrected chi connectivity index (χ3v) is 8.04. The molecule has 0 radical (unpaired) electrons. The second-order valence-corrected chi connectivity index (χ2v) is 10.3. The van der Waals surface area contributed by atoms with Crippen LogP contribution in [0.25, 0.3) is 21.8 Å². The average molecular weight is 546 g/mol. The number of amides is 1. The smallest absolute Gasteiger partial charge is 0.331 e. The van der Waals surface area contributed by atoms with Gasteiger partial charge < -0.3 is 24.4 Å². The van der Waals surface area contributed by atoms with Crippen LogP contribution in [0.1, 0.15) is 29.4 Å². The molecule has 3 aromatic heterocycles. The summed E-state index contributed by atoms with van der Waals surface area (Å²) in [6.07, 6.45) is 2.61. The molecule has 11 nitrogen and oxygen atoms in total. The summed E-state index contributed by atoms with van der Waals surface area (Å²) in [5.74, 6) is 0.543. The molecule has 0 aliphatic carbocycles. The van der Waals surface area contributed by atoms with Gasteiger partial charge in [-0.1, -0.05) is 24.3 Å². The fourth-order valence-electron chi connectivity index (χ4n) is 6.04. The predicted molar refractivity (Wildman–Crippen MR) is 154 cm³/mol. The van der Waals surface area contributed by atoms with E-state index < -0.39 is 11.2 Å². The number of anilines is 1. The first-order valence-corrected chi connectivity index (χ1v) is 14.0. The minimum absolute atomic E-state index is 0.0351. The van der Waals surface area contributed by atoms with Gasteiger partial charge in [0, 0.05) is 57.9 Å². The molecule has 1 N–H and O–H groups in total. The molecule has 0 atom stereocenters. The molecule has 4 aromatic rings. The first-order valence-electron chi connectivity index (χ1n) is 14.0. The number of carbonyl (C=O) groups excluding carboxylic acids is 1. The molecule has 0 saturated carbocycles. The SMILES string of the molecule is CCn1c(N2CCCNCC2)c(C(=O)N2CCOCC2)c2c1c(=O)n(Cc1nccc3ccccc13)c(=O)n2C. The minimum atomic E-state index is -0.472. The molecule has 2 aliphatic rings. The van der Waals surface area contributed by atoms with Gasteiger partial charge in [-0.05, 0) is 31.3 Å². The number of hydrogen-bond acceptors (Lipinski definition) is 7. The van der Waals surface area contributed by atoms with Crippen molar-refractivity contribution in [2.45, 2.75) is 26.4 Å². The highest BCUT2D eigenvalue weighted by Crippen LogP contribution is 2.33. The van der Waals surface area contributed by atoms with Crippen molar-refractivity contribution < 1.29 is 9.53 Å². The van der Waals surface area contributed by atoms with E-state index in [0.29, 0.717) is 67.5 Å². The molecule has 0 bridgehead atoms. The van der Waals surface area contributed by atoms with E-state index in [9.17, 15) is 14.4 Å². The molecular formula is C29H35N7O4. The van der Waals surface area contributed by atoms with Gasteiger partial charge in [0.15, 0.2) is 0 Å². The quantitative estimate of drug-likeness (QED) is 0.404. The number of morpholine rings is 1. The standard InChI is InChI=1S/C29H35N7O4/c1-3-35-25-24(23(27(37)34-15-17-40-18-16-34)26(35)33-13-6-10-30-12-14-33)32(2)29(39)36(28(25)38)19-22-21-8-5-4-7-20(21)9-11-31-22/h4-5,7-9,11,30H,3,6,10,12-19H2,1-2H3. The maximum absolute atomic E-state index is 14.3. The van der Waals surface area contributed by atoms with Gasteiger partial charge in [0.2, 0.25) is 0 Å². The Labute approximate surface area is 231 Å². The van der Waals surface area contributed by atoms with Crippen LogP contribution in [-0.2, 0) is 24.9 Å². The molecule has 0 spiro atoms. The van der Waals surface area contributed by atoms with Crippen LogP contribution in [0.5, 0.6) is 0 Å². The van der Waals surface area contributed by atoms with Crippen molar-refractivity contribution in [1.82, 2.24) is 28.9 Å². The number of carbonyl (C=O) groups is 1. The molecule has 1 amide bonds. The van der Waals surface area contributed by atoms with E-state index in [4.69, 9.17) is 4.74 Å². The van der Waals surface area contributed by atoms with Gasteiger partial charge >= 0.3 is 5.69 Å². The first-order chi connectivity index (χ1) is 19.5. The molecule has 2 aliphatic heterocycles. The summed E-state index contributed by atoms with van der Waals surface area (Å²) in [7, 11) is 1.65. The van der Waals surface area contributed by atoms with E-state index in [1.54, 1.807) is 18.1 Å². The zero-order valence-electron chi connectivity index (χ0n) is 23.1. The molecule has 2 saturated heterocycles. The fourth-order valence-corrected chi connectivity index (χ4v) is 6.04. The van der Waals surface area contributed by atoms with Gasteiger partial charge in [0.25, 0.3) is 11.5 Å². The average Bonchev–Trinajstić information content (AvgIpc) is 3.12. The van der Waals surface area contributed by atoms with Crippen LogP contribution in [-0.4, -0.2) is 82.0 Å². The Kier molecular flexibility index (Phi) is 7.16. The van der Waals surface area contributed by atoms with E-state index in [0.717, 1.165) is 36.8 Å². The number of hydrogen-bond donors (Lipinski definition) is 1. The summed E-state index contributed by atoms with van der Waals surface area (Å²) in [5, 5.41) is 5.31. The summed E-state index contributed by atoms with van der Waals surface area (Å²) in [5.41, 5.74) is 0.948. The normalized spacial score (nSPS) is 16.6. The lowest BCUT2D eigenvalue weighted by atomic mass is 10.1. The van der Waals surface area contributed by atoms with Crippen LogP contribution in [0.3, 0.4) is 0 Å². The Morgan fingerprint density at radius 1 is 1.00 bits per heavy atom. The highest BCUT2D eigenvalue weighted by Gasteiger charge is 2.33. The number of benzene rings is 1. The van der Waals surface area contributed by atoms with Crippen molar-refractivity contribution in [2.24, 2.45) is 7.05 Å². The first kappa shape index (κ1) is 26.3. The van der Waals surface area contributed by atoms with Gasteiger partial charge in [-0.15, -0.1) is 0 Å². The number of nitrogens with one attached hydrogen (secondary N) is 1. The van der Waals surface area contributed by atoms with Crippen LogP contribution < -0.4 is 21.5 Å². The van der Waals surface area contributed by atoms with Crippen LogP contribution in [0.15, 0.2) is 46.1 Å². The van der Waals surface area contributed by atoms with Crippen LogP contribution in [0.2, 0.25) is 0 Å². The Morgan fingerprint density at radius 2 is 1.80 bits per heavy atom. The van der Waals surface area contributed by atoms with E-state index in [1.165, 1.54) is 9.13 Å². The van der Waals surface area contributed by atoms with E-state index in [2.05, 4.69) is 15.2 Å². The Morgan fingerprint density at radius 3 is 2.60 bits per heavy atom. The number of aryl methyl sites for hydroxylation is 2. The predicted octanol–water partition coefficient (Wildman–Crippen LogP) is 1.39. The summed E-state index contributed by atoms with van der Waals surface area (Å²) in [4.78, 5) is 50.8. The van der Waals surface area contributed by atoms with Gasteiger partial charge in [0.1, 0.15) is 16.9 Å². The van der Waals surface area contributed by atoms with Crippen molar-refractivity contribution in [3.8, 4) is 0 Å². The Bertz CT molecular complexity index is 1680. The van der Waals surface area contributed by atoms with Crippen molar-refractivity contribution in [3.63, 3.8) is 0 Å². The Hall–Kier alpha value is -3.96. The molecule has 11 heteroatoms. The second-order valence-electron chi connectivity index (χ2n) is 10.3. The molecule has 2 fully saturated rings. The molecule has 6 rings (SSSR count). The molecule has 40 heavy (non-hydrogen) atoms. The van der Waals surface area contributed by atoms with Crippen molar-refractivity contribution in [2.75, 3.05) is 57.4 Å². The second kappa shape index (κ2) is 10.9. The van der Waals surface area contributed by atoms with Gasteiger partial charge in [-0.3, -0.25) is 23.7 Å². The van der Waals surface area contributed by atoms with E-state index in [1.807, 2.05) is 41.8 Å². The highest BCUT2D eigenvalue weighted by molar-refractivity contribution is 6.11. The highest BCUT2D eigenvalue weighted by atomic mass is 16.5. The zero-order valence-corrected chi connectivity index (χ0v) is 23.1. The number of fused-ring (bicyclic) bond motifs is 2. The van der Waals surface area contributed by atoms with Crippen molar-refractivity contribution >= 4 is 33.5 Å². The van der Waals surface area contributed by atoms with Crippen molar-refractivity contribution in [3.05, 3.63) is 68.6 Å². The van der Waals surface area contributed by atoms with E-state index >= 15 is 0 Å². The molecule has 210 valence electrons. The molecule has 0 unspecified atom stereocenters. The largest absolute Gasteiger partial charge is 0.378 e. The molecule has 5 heterocycles. The topological polar surface area (TPSA) is 107 Å². The minimum Gasteiger partial charge on any atom is -0.378 e. The molecular weight excluding hydrogens is 510 g/mol. The van der Waals surface area contributed by atoms with Crippen molar-refractivity contribution in [1.29, 1.82) is 0 Å². The summed E-state index contributed by atoms with van der Waals surface area (Å²) >= 11 is 0. The fraction of sp³-hybridized carbons (Fsp3) is 0.448. The maximum atomic E-state index is 14.3. The summed E-state index contributed by atoms with van der Waals surface area (Å²) in [6.45, 7) is 7.45. The maximum Gasteiger partial charge on any atom is 0.331 e. The molecule has 1 aromatic carbocycles. The van der Waals surface area contributed by atoms with Gasteiger partial charge in [0.05, 0.1) is 31.0 Å². The lowest BCUT2D eigenvalue weighted by Gasteiger charge is -2.29. The third-order valence-electron chi connectivity index (χ3n) is 8.04. The number of ether oxygens (including phenoxy) is 1. The number of pyridine rings is 1. The van der Waals surface area contributed by atoms with Crippen LogP contribution in [0.4, 0.5) is 5.82 Å². The number of aromatic nitrogens is 4. The monoisotopic (exact) mass is 545 g/mol. The van der Waals surface area contributed by atoms with Crippen LogP contribution >= 0.6 is 0 Å². The number of rotatable bonds is 5. The van der Waals surface area contributed by atoms with Gasteiger partial charge in [-0.25, -0.2) is 4.79 Å². The zero-order chi connectivity index (χ0) is 27.8. The number of nitrogens with zero attached hydrogens (tertiary/aromatic N) is 6. The van der Waals surface area contributed by atoms with Gasteiger partial charge in [-0.2, -0.15) is 0 Å². The lowest BCUT2D eigenvalue weighted by molar-refractivity contribution is 0.0304. The Balaban J connectivity index is 1.60. The lowest BCUT2D eigenvalue weighted by Crippen LogP contribution is -2.42. The third kappa shape index (κ3) is 4.39. The summed E-state index contributed by atoms with van der Waals surface area (Å²) < 4.78 is 10.2. The summed E-state index contributed by atoms with van der Waals surface area (Å²) in [6, 6.07) is 9.72. The van der Waals surface area contributed by atoms with Crippen LogP contribution in [0, 0.1) is 0 Å². The van der Waals surface area contributed by atoms with E-state index in [-0.39, 0.29) is 12.5 Å².